The lowest BCUT2D eigenvalue weighted by Gasteiger charge is -1.89. The van der Waals surface area contributed by atoms with Crippen molar-refractivity contribution < 1.29 is 9.90 Å². The number of nitrogen functional groups attached to an aromatic ring is 1. The second-order valence-electron chi connectivity index (χ2n) is 2.07. The molecule has 0 spiro atoms. The Morgan fingerprint density at radius 1 is 1.58 bits per heavy atom. The van der Waals surface area contributed by atoms with Crippen LogP contribution < -0.4 is 5.73 Å². The molecule has 1 aromatic rings. The fourth-order valence-electron chi connectivity index (χ4n) is 0.507. The minimum absolute atomic E-state index is 0.685. The molecule has 0 amide bonds. The summed E-state index contributed by atoms with van der Waals surface area (Å²) < 4.78 is 0. The number of carbonyl (C=O) groups is 1. The highest BCUT2D eigenvalue weighted by atomic mass is 35.5. The van der Waals surface area contributed by atoms with Crippen molar-refractivity contribution in [2.24, 2.45) is 0 Å². The Kier molecular flexibility index (Phi) is 4.88. The molecule has 0 saturated heterocycles. The topological polar surface area (TPSA) is 63.3 Å². The molecule has 0 unspecified atom stereocenters. The van der Waals surface area contributed by atoms with Crippen LogP contribution in [0.3, 0.4) is 0 Å². The predicted octanol–water partition coefficient (Wildman–Crippen LogP) is 2.01. The molecular weight excluding hydrogens is 178 g/mol. The van der Waals surface area contributed by atoms with Crippen LogP contribution in [0.4, 0.5) is 5.69 Å². The molecule has 3 nitrogen and oxygen atoms in total. The van der Waals surface area contributed by atoms with Crippen LogP contribution in [0.25, 0.3) is 0 Å². The number of halogens is 1. The van der Waals surface area contributed by atoms with Gasteiger partial charge in [0.15, 0.2) is 0 Å². The van der Waals surface area contributed by atoms with Crippen molar-refractivity contribution in [2.75, 3.05) is 5.73 Å². The van der Waals surface area contributed by atoms with E-state index in [0.717, 1.165) is 6.92 Å². The number of nitrogens with two attached hydrogens (primary N) is 1. The van der Waals surface area contributed by atoms with Gasteiger partial charge in [-0.3, -0.25) is 4.79 Å². The third-order valence-corrected chi connectivity index (χ3v) is 1.08. The van der Waals surface area contributed by atoms with E-state index >= 15 is 0 Å². The predicted molar refractivity (Wildman–Crippen MR) is 49.2 cm³/mol. The summed E-state index contributed by atoms with van der Waals surface area (Å²) in [7, 11) is 0. The fraction of sp³-hybridized carbons (Fsp3) is 0.125. The fourth-order valence-corrected chi connectivity index (χ4v) is 0.705. The van der Waals surface area contributed by atoms with Gasteiger partial charge in [-0.05, 0) is 18.2 Å². The number of anilines is 1. The molecule has 0 radical (unpaired) electrons. The standard InChI is InChI=1S/C6H6ClN.C2H4O2/c7-5-2-1-3-6(8)4-5;1-2(3)4/h1-4H,8H2;1H3,(H,3,4). The highest BCUT2D eigenvalue weighted by Gasteiger charge is 1.83. The average molecular weight is 188 g/mol. The van der Waals surface area contributed by atoms with E-state index in [9.17, 15) is 0 Å². The lowest BCUT2D eigenvalue weighted by Crippen LogP contribution is -1.80. The second kappa shape index (κ2) is 5.43. The molecule has 0 saturated carbocycles. The third kappa shape index (κ3) is 6.89. The number of carboxylic acid groups (broad SMARTS) is 1. The minimum atomic E-state index is -0.833. The zero-order valence-electron chi connectivity index (χ0n) is 6.62. The van der Waals surface area contributed by atoms with Gasteiger partial charge in [0.05, 0.1) is 0 Å². The normalized spacial score (nSPS) is 8.17. The molecular formula is C8H10ClNO2. The smallest absolute Gasteiger partial charge is 0.300 e. The van der Waals surface area contributed by atoms with Crippen molar-refractivity contribution >= 4 is 23.3 Å². The number of hydrogen-bond acceptors (Lipinski definition) is 2. The van der Waals surface area contributed by atoms with Gasteiger partial charge in [0.1, 0.15) is 0 Å². The van der Waals surface area contributed by atoms with Gasteiger partial charge in [0, 0.05) is 17.6 Å². The first-order valence-corrected chi connectivity index (χ1v) is 3.60. The number of rotatable bonds is 0. The van der Waals surface area contributed by atoms with Crippen LogP contribution in [0.1, 0.15) is 6.92 Å². The van der Waals surface area contributed by atoms with Crippen LogP contribution in [0.2, 0.25) is 5.02 Å². The highest BCUT2D eigenvalue weighted by Crippen LogP contribution is 2.10. The van der Waals surface area contributed by atoms with Crippen molar-refractivity contribution in [3.8, 4) is 0 Å². The van der Waals surface area contributed by atoms with E-state index in [1.165, 1.54) is 0 Å². The van der Waals surface area contributed by atoms with E-state index < -0.39 is 5.97 Å². The Morgan fingerprint density at radius 2 is 2.08 bits per heavy atom. The Bertz CT molecular complexity index is 242. The SMILES string of the molecule is CC(=O)O.Nc1cccc(Cl)c1. The lowest BCUT2D eigenvalue weighted by molar-refractivity contribution is -0.134. The van der Waals surface area contributed by atoms with Gasteiger partial charge in [-0.1, -0.05) is 17.7 Å². The molecule has 0 bridgehead atoms. The third-order valence-electron chi connectivity index (χ3n) is 0.849. The molecule has 3 N–H and O–H groups in total. The summed E-state index contributed by atoms with van der Waals surface area (Å²) in [5.74, 6) is -0.833. The summed E-state index contributed by atoms with van der Waals surface area (Å²) in [6, 6.07) is 7.11. The number of carboxylic acids is 1. The van der Waals surface area contributed by atoms with Gasteiger partial charge in [0.25, 0.3) is 5.97 Å². The molecule has 1 rings (SSSR count). The molecule has 0 aliphatic rings. The minimum Gasteiger partial charge on any atom is -0.481 e. The van der Waals surface area contributed by atoms with Crippen LogP contribution in [0.15, 0.2) is 24.3 Å². The van der Waals surface area contributed by atoms with E-state index in [0.29, 0.717) is 10.7 Å². The molecule has 4 heteroatoms. The molecule has 0 atom stereocenters. The maximum Gasteiger partial charge on any atom is 0.300 e. The Hall–Kier alpha value is -1.22. The second-order valence-corrected chi connectivity index (χ2v) is 2.51. The lowest BCUT2D eigenvalue weighted by atomic mass is 10.3. The first-order chi connectivity index (χ1) is 5.52. The molecule has 0 aliphatic heterocycles. The van der Waals surface area contributed by atoms with Crippen LogP contribution in [-0.2, 0) is 4.79 Å². The van der Waals surface area contributed by atoms with Crippen LogP contribution >= 0.6 is 11.6 Å². The van der Waals surface area contributed by atoms with Gasteiger partial charge < -0.3 is 10.8 Å². The first-order valence-electron chi connectivity index (χ1n) is 3.23. The molecule has 0 fully saturated rings. The van der Waals surface area contributed by atoms with Gasteiger partial charge in [-0.2, -0.15) is 0 Å². The molecule has 0 heterocycles. The van der Waals surface area contributed by atoms with E-state index in [2.05, 4.69) is 0 Å². The van der Waals surface area contributed by atoms with Crippen molar-refractivity contribution in [2.45, 2.75) is 6.92 Å². The van der Waals surface area contributed by atoms with E-state index in [-0.39, 0.29) is 0 Å². The number of aliphatic carboxylic acids is 1. The van der Waals surface area contributed by atoms with Crippen molar-refractivity contribution in [3.05, 3.63) is 29.3 Å². The first kappa shape index (κ1) is 10.8. The summed E-state index contributed by atoms with van der Waals surface area (Å²) in [6.45, 7) is 1.08. The largest absolute Gasteiger partial charge is 0.481 e. The van der Waals surface area contributed by atoms with Gasteiger partial charge in [0.2, 0.25) is 0 Å². The van der Waals surface area contributed by atoms with E-state index in [4.69, 9.17) is 27.2 Å². The molecule has 0 aromatic heterocycles. The van der Waals surface area contributed by atoms with Crippen LogP contribution in [0, 0.1) is 0 Å². The van der Waals surface area contributed by atoms with Crippen LogP contribution in [0.5, 0.6) is 0 Å². The average Bonchev–Trinajstić information content (AvgIpc) is 1.84. The maximum absolute atomic E-state index is 9.00. The summed E-state index contributed by atoms with van der Waals surface area (Å²) in [5, 5.41) is 8.10. The zero-order valence-corrected chi connectivity index (χ0v) is 7.38. The highest BCUT2D eigenvalue weighted by molar-refractivity contribution is 6.30. The summed E-state index contributed by atoms with van der Waals surface area (Å²) >= 11 is 5.56. The Balaban J connectivity index is 0.000000261. The van der Waals surface area contributed by atoms with E-state index in [1.807, 2.05) is 6.07 Å². The van der Waals surface area contributed by atoms with E-state index in [1.54, 1.807) is 18.2 Å². The van der Waals surface area contributed by atoms with Gasteiger partial charge in [-0.25, -0.2) is 0 Å². The number of benzene rings is 1. The maximum atomic E-state index is 9.00. The quantitative estimate of drug-likeness (QED) is 0.611. The Labute approximate surface area is 75.8 Å². The van der Waals surface area contributed by atoms with Crippen molar-refractivity contribution in [1.29, 1.82) is 0 Å². The Morgan fingerprint density at radius 3 is 2.33 bits per heavy atom. The molecule has 12 heavy (non-hydrogen) atoms. The summed E-state index contributed by atoms with van der Waals surface area (Å²) in [6.07, 6.45) is 0. The monoisotopic (exact) mass is 187 g/mol. The van der Waals surface area contributed by atoms with Crippen LogP contribution in [-0.4, -0.2) is 11.1 Å². The van der Waals surface area contributed by atoms with Crippen molar-refractivity contribution in [1.82, 2.24) is 0 Å². The number of hydrogen-bond donors (Lipinski definition) is 2. The summed E-state index contributed by atoms with van der Waals surface area (Å²) in [4.78, 5) is 9.00. The van der Waals surface area contributed by atoms with Crippen molar-refractivity contribution in [3.63, 3.8) is 0 Å². The molecule has 66 valence electrons. The van der Waals surface area contributed by atoms with Gasteiger partial charge in [-0.15, -0.1) is 0 Å². The zero-order chi connectivity index (χ0) is 9.56. The molecule has 0 aliphatic carbocycles. The molecule has 1 aromatic carbocycles. The summed E-state index contributed by atoms with van der Waals surface area (Å²) in [5.41, 5.74) is 6.08. The van der Waals surface area contributed by atoms with Gasteiger partial charge >= 0.3 is 0 Å².